The molecule has 6 nitrogen and oxygen atoms in total. The summed E-state index contributed by atoms with van der Waals surface area (Å²) in [7, 11) is -1.91. The van der Waals surface area contributed by atoms with Gasteiger partial charge < -0.3 is 5.73 Å². The summed E-state index contributed by atoms with van der Waals surface area (Å²) in [6, 6.07) is -0.172. The van der Waals surface area contributed by atoms with Crippen LogP contribution in [-0.2, 0) is 17.1 Å². The van der Waals surface area contributed by atoms with Crippen LogP contribution in [0.5, 0.6) is 0 Å². The van der Waals surface area contributed by atoms with Crippen molar-refractivity contribution in [2.45, 2.75) is 31.7 Å². The molecule has 0 saturated heterocycles. The molecule has 15 heavy (non-hydrogen) atoms. The number of anilines is 1. The molecule has 0 aliphatic carbocycles. The van der Waals surface area contributed by atoms with Crippen LogP contribution < -0.4 is 10.5 Å². The Kier molecular flexibility index (Phi) is 3.05. The molecule has 0 unspecified atom stereocenters. The van der Waals surface area contributed by atoms with E-state index in [1.165, 1.54) is 4.68 Å². The molecule has 0 aliphatic heterocycles. The lowest BCUT2D eigenvalue weighted by Crippen LogP contribution is -2.31. The number of rotatable bonds is 3. The van der Waals surface area contributed by atoms with Crippen molar-refractivity contribution < 1.29 is 8.42 Å². The quantitative estimate of drug-likeness (QED) is 0.767. The Morgan fingerprint density at radius 3 is 2.33 bits per heavy atom. The Morgan fingerprint density at radius 2 is 2.00 bits per heavy atom. The highest BCUT2D eigenvalue weighted by molar-refractivity contribution is 7.89. The smallest absolute Gasteiger partial charge is 0.246 e. The minimum absolute atomic E-state index is 0.0307. The molecular weight excluding hydrogens is 216 g/mol. The summed E-state index contributed by atoms with van der Waals surface area (Å²) in [5.41, 5.74) is 6.08. The molecule has 86 valence electrons. The first-order valence-corrected chi connectivity index (χ1v) is 6.05. The van der Waals surface area contributed by atoms with Gasteiger partial charge in [0.1, 0.15) is 4.90 Å². The van der Waals surface area contributed by atoms with Crippen LogP contribution in [0.2, 0.25) is 0 Å². The van der Waals surface area contributed by atoms with Gasteiger partial charge in [-0.2, -0.15) is 5.10 Å². The zero-order valence-electron chi connectivity index (χ0n) is 9.27. The molecule has 1 aromatic rings. The Hall–Kier alpha value is -1.08. The van der Waals surface area contributed by atoms with Gasteiger partial charge in [0.05, 0.1) is 5.69 Å². The second-order valence-electron chi connectivity index (χ2n) is 3.70. The van der Waals surface area contributed by atoms with Crippen molar-refractivity contribution in [2.24, 2.45) is 7.05 Å². The third-order valence-corrected chi connectivity index (χ3v) is 3.79. The van der Waals surface area contributed by atoms with Crippen molar-refractivity contribution in [2.75, 3.05) is 5.73 Å². The number of hydrogen-bond acceptors (Lipinski definition) is 4. The van der Waals surface area contributed by atoms with Crippen LogP contribution in [0.1, 0.15) is 19.5 Å². The van der Waals surface area contributed by atoms with Gasteiger partial charge >= 0.3 is 0 Å². The van der Waals surface area contributed by atoms with E-state index in [-0.39, 0.29) is 16.8 Å². The molecule has 0 atom stereocenters. The van der Waals surface area contributed by atoms with Crippen LogP contribution in [0.15, 0.2) is 4.90 Å². The molecular formula is C8H16N4O2S. The van der Waals surface area contributed by atoms with Gasteiger partial charge in [-0.05, 0) is 20.8 Å². The maximum atomic E-state index is 11.9. The number of aryl methyl sites for hydroxylation is 1. The molecule has 0 saturated carbocycles. The minimum Gasteiger partial charge on any atom is -0.381 e. The number of nitrogens with one attached hydrogen (secondary N) is 1. The molecule has 0 fully saturated rings. The first-order valence-electron chi connectivity index (χ1n) is 4.57. The standard InChI is InChI=1S/C8H16N4O2S/c1-5(2)11-15(13,14)7-6(3)12(4)10-8(7)9/h5,11H,1-4H3,(H2,9,10). The van der Waals surface area contributed by atoms with Crippen molar-refractivity contribution in [3.63, 3.8) is 0 Å². The van der Waals surface area contributed by atoms with E-state index in [1.54, 1.807) is 27.8 Å². The fraction of sp³-hybridized carbons (Fsp3) is 0.625. The average molecular weight is 232 g/mol. The van der Waals surface area contributed by atoms with Crippen molar-refractivity contribution in [3.05, 3.63) is 5.69 Å². The zero-order valence-corrected chi connectivity index (χ0v) is 10.1. The highest BCUT2D eigenvalue weighted by atomic mass is 32.2. The first-order chi connectivity index (χ1) is 6.75. The van der Waals surface area contributed by atoms with E-state index in [0.717, 1.165) is 0 Å². The Bertz CT molecular complexity index is 461. The third kappa shape index (κ3) is 2.29. The van der Waals surface area contributed by atoms with Crippen LogP contribution in [-0.4, -0.2) is 24.2 Å². The monoisotopic (exact) mass is 232 g/mol. The number of nitrogens with zero attached hydrogens (tertiary/aromatic N) is 2. The van der Waals surface area contributed by atoms with E-state index in [4.69, 9.17) is 5.73 Å². The summed E-state index contributed by atoms with van der Waals surface area (Å²) in [5.74, 6) is 0.0307. The Labute approximate surface area is 89.5 Å². The van der Waals surface area contributed by atoms with Gasteiger partial charge in [0, 0.05) is 13.1 Å². The fourth-order valence-electron chi connectivity index (χ4n) is 1.32. The van der Waals surface area contributed by atoms with Crippen LogP contribution >= 0.6 is 0 Å². The first kappa shape index (κ1) is 12.0. The van der Waals surface area contributed by atoms with Crippen LogP contribution in [0.3, 0.4) is 0 Å². The van der Waals surface area contributed by atoms with Crippen LogP contribution in [0, 0.1) is 6.92 Å². The number of nitrogen functional groups attached to an aromatic ring is 1. The largest absolute Gasteiger partial charge is 0.381 e. The summed E-state index contributed by atoms with van der Waals surface area (Å²) in [4.78, 5) is 0.0682. The predicted octanol–water partition coefficient (Wildman–Crippen LogP) is -0.00258. The Morgan fingerprint density at radius 1 is 1.47 bits per heavy atom. The molecule has 7 heteroatoms. The van der Waals surface area contributed by atoms with E-state index >= 15 is 0 Å². The molecule has 1 rings (SSSR count). The maximum absolute atomic E-state index is 11.9. The highest BCUT2D eigenvalue weighted by Crippen LogP contribution is 2.20. The summed E-state index contributed by atoms with van der Waals surface area (Å²) in [5, 5.41) is 3.86. The topological polar surface area (TPSA) is 90.0 Å². The molecule has 0 aliphatic rings. The van der Waals surface area contributed by atoms with Crippen molar-refractivity contribution in [1.82, 2.24) is 14.5 Å². The van der Waals surface area contributed by atoms with Gasteiger partial charge in [-0.25, -0.2) is 13.1 Å². The van der Waals surface area contributed by atoms with Gasteiger partial charge in [0.25, 0.3) is 0 Å². The molecule has 0 amide bonds. The zero-order chi connectivity index (χ0) is 11.8. The van der Waals surface area contributed by atoms with Gasteiger partial charge in [-0.3, -0.25) is 4.68 Å². The molecule has 3 N–H and O–H groups in total. The lowest BCUT2D eigenvalue weighted by atomic mass is 10.4. The van der Waals surface area contributed by atoms with Crippen molar-refractivity contribution in [1.29, 1.82) is 0 Å². The van der Waals surface area contributed by atoms with Gasteiger partial charge in [-0.15, -0.1) is 0 Å². The molecule has 1 heterocycles. The van der Waals surface area contributed by atoms with E-state index in [9.17, 15) is 8.42 Å². The van der Waals surface area contributed by atoms with E-state index in [1.807, 2.05) is 0 Å². The highest BCUT2D eigenvalue weighted by Gasteiger charge is 2.24. The molecule has 0 radical (unpaired) electrons. The maximum Gasteiger partial charge on any atom is 0.246 e. The molecule has 0 bridgehead atoms. The van der Waals surface area contributed by atoms with E-state index in [2.05, 4.69) is 9.82 Å². The van der Waals surface area contributed by atoms with Gasteiger partial charge in [0.2, 0.25) is 10.0 Å². The summed E-state index contributed by atoms with van der Waals surface area (Å²) < 4.78 is 27.6. The molecule has 0 aromatic carbocycles. The summed E-state index contributed by atoms with van der Waals surface area (Å²) >= 11 is 0. The second-order valence-corrected chi connectivity index (χ2v) is 5.35. The van der Waals surface area contributed by atoms with Gasteiger partial charge in [-0.1, -0.05) is 0 Å². The number of hydrogen-bond donors (Lipinski definition) is 2. The van der Waals surface area contributed by atoms with E-state index < -0.39 is 10.0 Å². The van der Waals surface area contributed by atoms with Gasteiger partial charge in [0.15, 0.2) is 5.82 Å². The Balaban J connectivity index is 3.27. The number of nitrogens with two attached hydrogens (primary N) is 1. The summed E-state index contributed by atoms with van der Waals surface area (Å²) in [6.45, 7) is 5.16. The van der Waals surface area contributed by atoms with Crippen LogP contribution in [0.25, 0.3) is 0 Å². The lowest BCUT2D eigenvalue weighted by Gasteiger charge is -2.09. The van der Waals surface area contributed by atoms with Crippen LogP contribution in [0.4, 0.5) is 5.82 Å². The molecule has 1 aromatic heterocycles. The third-order valence-electron chi connectivity index (χ3n) is 1.96. The number of sulfonamides is 1. The summed E-state index contributed by atoms with van der Waals surface area (Å²) in [6.07, 6.45) is 0. The normalized spacial score (nSPS) is 12.3. The lowest BCUT2D eigenvalue weighted by molar-refractivity contribution is 0.569. The SMILES string of the molecule is Cc1c(S(=O)(=O)NC(C)C)c(N)nn1C. The van der Waals surface area contributed by atoms with Crippen molar-refractivity contribution >= 4 is 15.8 Å². The van der Waals surface area contributed by atoms with E-state index in [0.29, 0.717) is 5.69 Å². The average Bonchev–Trinajstić information content (AvgIpc) is 2.23. The molecule has 0 spiro atoms. The van der Waals surface area contributed by atoms with Crippen molar-refractivity contribution in [3.8, 4) is 0 Å². The minimum atomic E-state index is -3.56. The number of aromatic nitrogens is 2. The second kappa shape index (κ2) is 3.82. The fourth-order valence-corrected chi connectivity index (χ4v) is 2.89. The predicted molar refractivity (Wildman–Crippen MR) is 57.8 cm³/mol.